The zero-order valence-corrected chi connectivity index (χ0v) is 14.7. The van der Waals surface area contributed by atoms with Gasteiger partial charge in [0.05, 0.1) is 11.2 Å². The Balaban J connectivity index is 1.88. The van der Waals surface area contributed by atoms with E-state index in [0.717, 1.165) is 12.6 Å². The lowest BCUT2D eigenvalue weighted by atomic mass is 9.83. The highest BCUT2D eigenvalue weighted by Gasteiger charge is 2.44. The highest BCUT2D eigenvalue weighted by molar-refractivity contribution is 7.09. The number of piperidine rings is 1. The first-order valence-corrected chi connectivity index (χ1v) is 9.28. The van der Waals surface area contributed by atoms with E-state index in [2.05, 4.69) is 43.3 Å². The van der Waals surface area contributed by atoms with Gasteiger partial charge in [-0.25, -0.2) is 4.98 Å². The Morgan fingerprint density at radius 2 is 2.24 bits per heavy atom. The molecule has 3 nitrogen and oxygen atoms in total. The molecular weight excluding hydrogens is 278 g/mol. The smallest absolute Gasteiger partial charge is 0.113 e. The van der Waals surface area contributed by atoms with E-state index in [-0.39, 0.29) is 11.0 Å². The Morgan fingerprint density at radius 3 is 2.90 bits per heavy atom. The fraction of sp³-hybridized carbons (Fsp3) is 0.824. The van der Waals surface area contributed by atoms with Gasteiger partial charge in [0, 0.05) is 23.4 Å². The first kappa shape index (κ1) is 15.4. The molecule has 1 aromatic heterocycles. The topological polar surface area (TPSA) is 28.2 Å². The van der Waals surface area contributed by atoms with Crippen LogP contribution in [0, 0.1) is 0 Å². The molecule has 21 heavy (non-hydrogen) atoms. The van der Waals surface area contributed by atoms with Gasteiger partial charge in [-0.2, -0.15) is 0 Å². The van der Waals surface area contributed by atoms with Crippen molar-refractivity contribution < 1.29 is 0 Å². The Morgan fingerprint density at radius 1 is 1.43 bits per heavy atom. The summed E-state index contributed by atoms with van der Waals surface area (Å²) in [5, 5.41) is 7.41. The summed E-state index contributed by atoms with van der Waals surface area (Å²) in [6.07, 6.45) is 5.18. The number of fused-ring (bicyclic) bond motifs is 1. The largest absolute Gasteiger partial charge is 0.306 e. The van der Waals surface area contributed by atoms with Crippen LogP contribution in [-0.2, 0) is 11.0 Å². The molecule has 0 aromatic carbocycles. The minimum atomic E-state index is 0.119. The lowest BCUT2D eigenvalue weighted by molar-refractivity contribution is 0.106. The fourth-order valence-electron chi connectivity index (χ4n) is 3.87. The first-order valence-electron chi connectivity index (χ1n) is 8.40. The lowest BCUT2D eigenvalue weighted by Crippen LogP contribution is -2.53. The predicted molar refractivity (Wildman–Crippen MR) is 90.0 cm³/mol. The third-order valence-corrected chi connectivity index (χ3v) is 6.15. The number of nitrogens with zero attached hydrogens (tertiary/aromatic N) is 2. The maximum absolute atomic E-state index is 5.05. The molecule has 2 atom stereocenters. The second-order valence-corrected chi connectivity index (χ2v) is 8.54. The van der Waals surface area contributed by atoms with Crippen LogP contribution in [0.25, 0.3) is 0 Å². The molecular formula is C17H29N3S. The molecule has 0 aliphatic carbocycles. The SMILES string of the molecule is CCNC1(c2nc(C(C)(C)C)cs2)CCN2CCCC2C1. The molecule has 2 saturated heterocycles. The molecule has 0 radical (unpaired) electrons. The van der Waals surface area contributed by atoms with Crippen LogP contribution in [0.15, 0.2) is 5.38 Å². The maximum atomic E-state index is 5.05. The van der Waals surface area contributed by atoms with Crippen molar-refractivity contribution in [2.75, 3.05) is 19.6 Å². The van der Waals surface area contributed by atoms with Gasteiger partial charge >= 0.3 is 0 Å². The van der Waals surface area contributed by atoms with Crippen molar-refractivity contribution in [3.8, 4) is 0 Å². The molecule has 2 aliphatic rings. The quantitative estimate of drug-likeness (QED) is 0.926. The molecule has 2 unspecified atom stereocenters. The normalized spacial score (nSPS) is 30.6. The number of nitrogens with one attached hydrogen (secondary N) is 1. The number of aromatic nitrogens is 1. The van der Waals surface area contributed by atoms with Gasteiger partial charge in [-0.3, -0.25) is 0 Å². The van der Waals surface area contributed by atoms with Crippen molar-refractivity contribution in [3.05, 3.63) is 16.1 Å². The molecule has 3 heterocycles. The maximum Gasteiger partial charge on any atom is 0.113 e. The summed E-state index contributed by atoms with van der Waals surface area (Å²) >= 11 is 1.86. The number of hydrogen-bond acceptors (Lipinski definition) is 4. The molecule has 0 bridgehead atoms. The van der Waals surface area contributed by atoms with E-state index in [1.54, 1.807) is 0 Å². The summed E-state index contributed by atoms with van der Waals surface area (Å²) in [4.78, 5) is 7.74. The first-order chi connectivity index (χ1) is 9.94. The van der Waals surface area contributed by atoms with Gasteiger partial charge in [0.1, 0.15) is 5.01 Å². The zero-order chi connectivity index (χ0) is 15.1. The second kappa shape index (κ2) is 5.64. The summed E-state index contributed by atoms with van der Waals surface area (Å²) < 4.78 is 0. The number of rotatable bonds is 3. The molecule has 4 heteroatoms. The number of hydrogen-bond donors (Lipinski definition) is 1. The third kappa shape index (κ3) is 2.90. The van der Waals surface area contributed by atoms with Crippen molar-refractivity contribution in [2.45, 2.75) is 70.4 Å². The lowest BCUT2D eigenvalue weighted by Gasteiger charge is -2.43. The van der Waals surface area contributed by atoms with E-state index >= 15 is 0 Å². The van der Waals surface area contributed by atoms with Gasteiger partial charge in [-0.15, -0.1) is 11.3 Å². The van der Waals surface area contributed by atoms with Crippen molar-refractivity contribution in [3.63, 3.8) is 0 Å². The fourth-order valence-corrected chi connectivity index (χ4v) is 5.13. The van der Waals surface area contributed by atoms with Crippen LogP contribution in [0.1, 0.15) is 64.1 Å². The van der Waals surface area contributed by atoms with Crippen molar-refractivity contribution in [2.24, 2.45) is 0 Å². The van der Waals surface area contributed by atoms with Crippen molar-refractivity contribution in [1.82, 2.24) is 15.2 Å². The van der Waals surface area contributed by atoms with Gasteiger partial charge in [-0.1, -0.05) is 27.7 Å². The van der Waals surface area contributed by atoms with Crippen LogP contribution in [0.3, 0.4) is 0 Å². The summed E-state index contributed by atoms with van der Waals surface area (Å²) in [6, 6.07) is 0.764. The van der Waals surface area contributed by atoms with E-state index in [4.69, 9.17) is 4.98 Å². The molecule has 118 valence electrons. The Labute approximate surface area is 133 Å². The van der Waals surface area contributed by atoms with Gasteiger partial charge < -0.3 is 10.2 Å². The van der Waals surface area contributed by atoms with E-state index < -0.39 is 0 Å². The summed E-state index contributed by atoms with van der Waals surface area (Å²) in [6.45, 7) is 12.5. The zero-order valence-electron chi connectivity index (χ0n) is 13.9. The van der Waals surface area contributed by atoms with Crippen LogP contribution in [0.4, 0.5) is 0 Å². The summed E-state index contributed by atoms with van der Waals surface area (Å²) in [5.74, 6) is 0. The summed E-state index contributed by atoms with van der Waals surface area (Å²) in [5.41, 5.74) is 1.51. The van der Waals surface area contributed by atoms with Gasteiger partial charge in [0.2, 0.25) is 0 Å². The molecule has 0 amide bonds. The number of thiazole rings is 1. The molecule has 2 fully saturated rings. The Bertz CT molecular complexity index is 490. The van der Waals surface area contributed by atoms with Crippen molar-refractivity contribution in [1.29, 1.82) is 0 Å². The Hall–Kier alpha value is -0.450. The molecule has 2 aliphatic heterocycles. The van der Waals surface area contributed by atoms with Crippen LogP contribution in [0.5, 0.6) is 0 Å². The second-order valence-electron chi connectivity index (χ2n) is 7.69. The minimum absolute atomic E-state index is 0.119. The van der Waals surface area contributed by atoms with E-state index in [9.17, 15) is 0 Å². The highest BCUT2D eigenvalue weighted by atomic mass is 32.1. The van der Waals surface area contributed by atoms with E-state index in [1.807, 2.05) is 11.3 Å². The van der Waals surface area contributed by atoms with Gasteiger partial charge in [0.15, 0.2) is 0 Å². The summed E-state index contributed by atoms with van der Waals surface area (Å²) in [7, 11) is 0. The van der Waals surface area contributed by atoms with Gasteiger partial charge in [0.25, 0.3) is 0 Å². The predicted octanol–water partition coefficient (Wildman–Crippen LogP) is 3.50. The van der Waals surface area contributed by atoms with E-state index in [1.165, 1.54) is 49.5 Å². The van der Waals surface area contributed by atoms with Gasteiger partial charge in [-0.05, 0) is 38.8 Å². The van der Waals surface area contributed by atoms with E-state index in [0.29, 0.717) is 0 Å². The average Bonchev–Trinajstić information content (AvgIpc) is 3.07. The Kier molecular flexibility index (Phi) is 4.15. The molecule has 1 N–H and O–H groups in total. The average molecular weight is 308 g/mol. The van der Waals surface area contributed by atoms with Crippen LogP contribution >= 0.6 is 11.3 Å². The van der Waals surface area contributed by atoms with Crippen LogP contribution in [0.2, 0.25) is 0 Å². The molecule has 1 aromatic rings. The molecule has 0 saturated carbocycles. The highest BCUT2D eigenvalue weighted by Crippen LogP contribution is 2.41. The van der Waals surface area contributed by atoms with Crippen LogP contribution in [-0.4, -0.2) is 35.6 Å². The van der Waals surface area contributed by atoms with Crippen LogP contribution < -0.4 is 5.32 Å². The third-order valence-electron chi connectivity index (χ3n) is 5.11. The molecule has 3 rings (SSSR count). The van der Waals surface area contributed by atoms with Crippen molar-refractivity contribution >= 4 is 11.3 Å². The minimum Gasteiger partial charge on any atom is -0.306 e. The molecule has 0 spiro atoms. The standard InChI is InChI=1S/C17H29N3S/c1-5-18-17(8-10-20-9-6-7-13(20)11-17)15-19-14(12-21-15)16(2,3)4/h12-13,18H,5-11H2,1-4H3. The monoisotopic (exact) mass is 307 g/mol.